The Morgan fingerprint density at radius 1 is 1.00 bits per heavy atom. The molecule has 4 rings (SSSR count). The molecule has 2 saturated carbocycles. The molecule has 1 saturated heterocycles. The van der Waals surface area contributed by atoms with Crippen LogP contribution in [0.4, 0.5) is 0 Å². The zero-order valence-corrected chi connectivity index (χ0v) is 19.5. The van der Waals surface area contributed by atoms with Crippen molar-refractivity contribution in [1.82, 2.24) is 15.8 Å². The Labute approximate surface area is 201 Å². The Morgan fingerprint density at radius 2 is 1.56 bits per heavy atom. The maximum absolute atomic E-state index is 12.7. The van der Waals surface area contributed by atoms with E-state index < -0.39 is 54.6 Å². The molecule has 6 atom stereocenters. The molecule has 12 heteroatoms. The molecule has 0 aromatic heterocycles. The summed E-state index contributed by atoms with van der Waals surface area (Å²) in [5.41, 5.74) is 4.63. The molecule has 4 amide bonds. The highest BCUT2D eigenvalue weighted by molar-refractivity contribution is 9.10. The van der Waals surface area contributed by atoms with E-state index in [1.165, 1.54) is 0 Å². The van der Waals surface area contributed by atoms with Crippen LogP contribution < -0.4 is 10.9 Å². The lowest BCUT2D eigenvalue weighted by molar-refractivity contribution is -0.155. The van der Waals surface area contributed by atoms with Crippen LogP contribution in [0.25, 0.3) is 0 Å². The second-order valence-electron chi connectivity index (χ2n) is 7.94. The van der Waals surface area contributed by atoms with Gasteiger partial charge in [-0.2, -0.15) is 0 Å². The number of hydrazine groups is 1. The van der Waals surface area contributed by atoms with Gasteiger partial charge < -0.3 is 4.74 Å². The molecule has 9 nitrogen and oxygen atoms in total. The molecular weight excluding hydrogens is 529 g/mol. The number of nitrogens with one attached hydrogen (secondary N) is 2. The van der Waals surface area contributed by atoms with Gasteiger partial charge in [0.1, 0.15) is 6.54 Å². The van der Waals surface area contributed by atoms with Gasteiger partial charge in [0.05, 0.1) is 22.6 Å². The second kappa shape index (κ2) is 8.99. The second-order valence-corrected chi connectivity index (χ2v) is 9.86. The van der Waals surface area contributed by atoms with Gasteiger partial charge in [0, 0.05) is 10.0 Å². The van der Waals surface area contributed by atoms with Gasteiger partial charge in [-0.15, -0.1) is 23.2 Å². The predicted molar refractivity (Wildman–Crippen MR) is 115 cm³/mol. The van der Waals surface area contributed by atoms with Gasteiger partial charge in [0.15, 0.2) is 6.61 Å². The van der Waals surface area contributed by atoms with Crippen molar-refractivity contribution in [3.8, 4) is 0 Å². The van der Waals surface area contributed by atoms with Gasteiger partial charge >= 0.3 is 5.97 Å². The van der Waals surface area contributed by atoms with E-state index in [1.807, 2.05) is 0 Å². The van der Waals surface area contributed by atoms with Crippen molar-refractivity contribution in [1.29, 1.82) is 0 Å². The molecule has 0 unspecified atom stereocenters. The van der Waals surface area contributed by atoms with E-state index in [2.05, 4.69) is 26.8 Å². The van der Waals surface area contributed by atoms with Crippen molar-refractivity contribution in [3.63, 3.8) is 0 Å². The van der Waals surface area contributed by atoms with Crippen LogP contribution in [-0.2, 0) is 23.9 Å². The summed E-state index contributed by atoms with van der Waals surface area (Å²) in [6.45, 7) is -1.29. The summed E-state index contributed by atoms with van der Waals surface area (Å²) < 4.78 is 5.64. The van der Waals surface area contributed by atoms with Gasteiger partial charge in [-0.05, 0) is 42.5 Å². The highest BCUT2D eigenvalue weighted by Crippen LogP contribution is 2.59. The number of carbonyl (C=O) groups excluding carboxylic acids is 5. The van der Waals surface area contributed by atoms with Crippen LogP contribution in [-0.4, -0.2) is 58.4 Å². The van der Waals surface area contributed by atoms with Crippen molar-refractivity contribution in [2.45, 2.75) is 17.2 Å². The first-order chi connectivity index (χ1) is 15.2. The summed E-state index contributed by atoms with van der Waals surface area (Å²) in [5, 5.41) is -0.772. The highest BCUT2D eigenvalue weighted by Gasteiger charge is 2.66. The summed E-state index contributed by atoms with van der Waals surface area (Å²) in [5.74, 6) is -4.66. The van der Waals surface area contributed by atoms with E-state index in [4.69, 9.17) is 27.9 Å². The molecule has 32 heavy (non-hydrogen) atoms. The molecule has 1 heterocycles. The molecule has 1 aliphatic heterocycles. The fourth-order valence-electron chi connectivity index (χ4n) is 4.72. The third-order valence-electron chi connectivity index (χ3n) is 6.15. The van der Waals surface area contributed by atoms with Gasteiger partial charge in [0.2, 0.25) is 11.8 Å². The van der Waals surface area contributed by atoms with Gasteiger partial charge in [-0.1, -0.05) is 15.9 Å². The Hall–Kier alpha value is -2.17. The van der Waals surface area contributed by atoms with E-state index in [-0.39, 0.29) is 22.6 Å². The third kappa shape index (κ3) is 4.11. The van der Waals surface area contributed by atoms with Crippen molar-refractivity contribution in [3.05, 3.63) is 34.3 Å². The standard InChI is InChI=1S/C20H18BrCl2N3O6/c21-9-3-1-8(2-4-9)18(29)25-24-12(27)7-32-13(28)6-26-19(30)14-10-5-11(15(14)20(26)31)17(23)16(10)22/h1-4,10-11,14-17H,5-7H2,(H,24,27)(H,25,29)/t10-,11-,14-,15-,16+,17+/m1/s1. The Kier molecular flexibility index (Phi) is 6.46. The molecule has 170 valence electrons. The topological polar surface area (TPSA) is 122 Å². The number of ether oxygens (including phenoxy) is 1. The number of likely N-dealkylation sites (tertiary alicyclic amines) is 1. The Balaban J connectivity index is 1.24. The lowest BCUT2D eigenvalue weighted by Gasteiger charge is -2.28. The Morgan fingerprint density at radius 3 is 2.12 bits per heavy atom. The average molecular weight is 547 g/mol. The highest BCUT2D eigenvalue weighted by atomic mass is 79.9. The molecule has 1 aromatic carbocycles. The first kappa shape index (κ1) is 23.0. The monoisotopic (exact) mass is 545 g/mol. The maximum atomic E-state index is 12.7. The fourth-order valence-corrected chi connectivity index (χ4v) is 5.88. The van der Waals surface area contributed by atoms with Crippen LogP contribution in [0.15, 0.2) is 28.7 Å². The van der Waals surface area contributed by atoms with Crippen molar-refractivity contribution in [2.75, 3.05) is 13.2 Å². The zero-order chi connectivity index (χ0) is 23.2. The number of hydrogen-bond acceptors (Lipinski definition) is 6. The fraction of sp³-hybridized carbons (Fsp3) is 0.450. The molecule has 0 spiro atoms. The van der Waals surface area contributed by atoms with Crippen molar-refractivity contribution in [2.24, 2.45) is 23.7 Å². The first-order valence-electron chi connectivity index (χ1n) is 9.82. The molecule has 3 fully saturated rings. The minimum Gasteiger partial charge on any atom is -0.454 e. The largest absolute Gasteiger partial charge is 0.454 e. The predicted octanol–water partition coefficient (Wildman–Crippen LogP) is 1.22. The van der Waals surface area contributed by atoms with Crippen molar-refractivity contribution < 1.29 is 28.7 Å². The van der Waals surface area contributed by atoms with Crippen LogP contribution in [0.1, 0.15) is 16.8 Å². The summed E-state index contributed by atoms with van der Waals surface area (Å²) in [7, 11) is 0. The number of alkyl halides is 2. The number of benzene rings is 1. The van der Waals surface area contributed by atoms with Crippen LogP contribution in [0.3, 0.4) is 0 Å². The maximum Gasteiger partial charge on any atom is 0.326 e. The number of carbonyl (C=O) groups is 5. The van der Waals surface area contributed by atoms with Crippen LogP contribution >= 0.6 is 39.1 Å². The van der Waals surface area contributed by atoms with E-state index in [0.29, 0.717) is 12.0 Å². The lowest BCUT2D eigenvalue weighted by atomic mass is 9.80. The van der Waals surface area contributed by atoms with E-state index in [1.54, 1.807) is 24.3 Å². The number of hydrogen-bond donors (Lipinski definition) is 2. The third-order valence-corrected chi connectivity index (χ3v) is 8.00. The quantitative estimate of drug-likeness (QED) is 0.248. The van der Waals surface area contributed by atoms with Gasteiger partial charge in [-0.3, -0.25) is 39.7 Å². The normalized spacial score (nSPS) is 30.3. The smallest absolute Gasteiger partial charge is 0.326 e. The molecule has 3 aliphatic rings. The van der Waals surface area contributed by atoms with Crippen LogP contribution in [0.2, 0.25) is 0 Å². The number of rotatable bonds is 5. The number of fused-ring (bicyclic) bond motifs is 5. The minimum atomic E-state index is -0.918. The average Bonchev–Trinajstić information content (AvgIpc) is 3.37. The summed E-state index contributed by atoms with van der Waals surface area (Å²) in [4.78, 5) is 62.2. The summed E-state index contributed by atoms with van der Waals surface area (Å²) in [6.07, 6.45) is 0.625. The van der Waals surface area contributed by atoms with Gasteiger partial charge in [0.25, 0.3) is 11.8 Å². The molecule has 2 N–H and O–H groups in total. The van der Waals surface area contributed by atoms with Crippen LogP contribution in [0, 0.1) is 23.7 Å². The molecule has 2 aliphatic carbocycles. The number of esters is 1. The Bertz CT molecular complexity index is 958. The van der Waals surface area contributed by atoms with Crippen molar-refractivity contribution >= 4 is 68.7 Å². The number of imide groups is 1. The van der Waals surface area contributed by atoms with Gasteiger partial charge in [-0.25, -0.2) is 0 Å². The molecular formula is C20H18BrCl2N3O6. The van der Waals surface area contributed by atoms with Crippen LogP contribution in [0.5, 0.6) is 0 Å². The van der Waals surface area contributed by atoms with E-state index in [0.717, 1.165) is 9.37 Å². The number of amides is 4. The summed E-state index contributed by atoms with van der Waals surface area (Å²) >= 11 is 15.8. The number of nitrogens with zero attached hydrogens (tertiary/aromatic N) is 1. The molecule has 2 bridgehead atoms. The van der Waals surface area contributed by atoms with E-state index >= 15 is 0 Å². The molecule has 1 aromatic rings. The minimum absolute atomic E-state index is 0.188. The summed E-state index contributed by atoms with van der Waals surface area (Å²) in [6, 6.07) is 6.44. The zero-order valence-electron chi connectivity index (χ0n) is 16.4. The SMILES string of the molecule is O=C(COC(=O)CN1C(=O)[C@@H]2[C@H]3C[C@@H]([C@H](Cl)[C@H]3Cl)[C@H]2C1=O)NNC(=O)c1ccc(Br)cc1. The molecule has 0 radical (unpaired) electrons. The lowest BCUT2D eigenvalue weighted by Crippen LogP contribution is -2.44. The number of halogens is 3. The van der Waals surface area contributed by atoms with E-state index in [9.17, 15) is 24.0 Å². The first-order valence-corrected chi connectivity index (χ1v) is 11.5.